The third kappa shape index (κ3) is 5.40. The molecular weight excluding hydrogens is 376 g/mol. The summed E-state index contributed by atoms with van der Waals surface area (Å²) in [6.07, 6.45) is 6.27. The number of alkyl halides is 2. The van der Waals surface area contributed by atoms with Gasteiger partial charge < -0.3 is 14.6 Å². The van der Waals surface area contributed by atoms with Crippen molar-refractivity contribution in [3.05, 3.63) is 52.3 Å². The number of nitrogens with zero attached hydrogens (tertiary/aromatic N) is 1. The van der Waals surface area contributed by atoms with Gasteiger partial charge in [0.05, 0.1) is 0 Å². The number of benzene rings is 1. The normalized spacial score (nSPS) is 15.3. The first-order valence-electron chi connectivity index (χ1n) is 9.45. The molecule has 2 rings (SSSR count). The van der Waals surface area contributed by atoms with Crippen LogP contribution in [-0.4, -0.2) is 29.6 Å². The molecule has 0 radical (unpaired) electrons. The van der Waals surface area contributed by atoms with Crippen LogP contribution in [0.3, 0.4) is 0 Å². The Bertz CT molecular complexity index is 919. The fraction of sp³-hybridized carbons (Fsp3) is 0.391. The number of hydrogen-bond donors (Lipinski definition) is 1. The lowest BCUT2D eigenvalue weighted by molar-refractivity contribution is -0.107. The second-order valence-corrected chi connectivity index (χ2v) is 7.30. The van der Waals surface area contributed by atoms with Crippen LogP contribution in [0.15, 0.2) is 40.6 Å². The van der Waals surface area contributed by atoms with Gasteiger partial charge in [-0.3, -0.25) is 4.99 Å². The Morgan fingerprint density at radius 1 is 1.31 bits per heavy atom. The Kier molecular flexibility index (Phi) is 7.11. The van der Waals surface area contributed by atoms with Crippen LogP contribution >= 0.6 is 0 Å². The highest BCUT2D eigenvalue weighted by Crippen LogP contribution is 2.38. The molecule has 0 aromatic heterocycles. The Labute approximate surface area is 170 Å². The van der Waals surface area contributed by atoms with Crippen molar-refractivity contribution >= 4 is 17.6 Å². The molecule has 1 aromatic carbocycles. The van der Waals surface area contributed by atoms with Crippen molar-refractivity contribution < 1.29 is 23.4 Å². The summed E-state index contributed by atoms with van der Waals surface area (Å²) in [6, 6.07) is 1.73. The topological polar surface area (TPSA) is 58.9 Å². The van der Waals surface area contributed by atoms with Gasteiger partial charge in [-0.1, -0.05) is 12.2 Å². The van der Waals surface area contributed by atoms with E-state index in [4.69, 9.17) is 4.74 Å². The number of rotatable bonds is 7. The van der Waals surface area contributed by atoms with Crippen LogP contribution in [0, 0.1) is 13.8 Å². The number of aliphatic imine (C=N–C) groups is 1. The number of ether oxygens (including phenoxy) is 1. The Morgan fingerprint density at radius 3 is 2.59 bits per heavy atom. The molecule has 0 unspecified atom stereocenters. The molecule has 1 heterocycles. The van der Waals surface area contributed by atoms with E-state index in [9.17, 15) is 18.7 Å². The first-order chi connectivity index (χ1) is 13.6. The molecule has 1 aliphatic rings. The van der Waals surface area contributed by atoms with Gasteiger partial charge in [-0.25, -0.2) is 0 Å². The molecule has 1 N–H and O–H groups in total. The highest BCUT2D eigenvalue weighted by atomic mass is 19.3. The highest BCUT2D eigenvalue weighted by Gasteiger charge is 2.28. The predicted molar refractivity (Wildman–Crippen MR) is 112 cm³/mol. The smallest absolute Gasteiger partial charge is 0.286 e. The Balaban J connectivity index is 2.28. The lowest BCUT2D eigenvalue weighted by Gasteiger charge is -2.18. The summed E-state index contributed by atoms with van der Waals surface area (Å²) in [6.45, 7) is 8.18. The number of allylic oxidation sites excluding steroid dienone is 5. The van der Waals surface area contributed by atoms with Crippen molar-refractivity contribution in [2.45, 2.75) is 53.4 Å². The van der Waals surface area contributed by atoms with E-state index in [1.54, 1.807) is 26.0 Å². The van der Waals surface area contributed by atoms with Crippen LogP contribution in [0.1, 0.15) is 50.3 Å². The number of phenolic OH excluding ortho intramolecular Hbond substituents is 1. The largest absolute Gasteiger partial charge is 0.504 e. The van der Waals surface area contributed by atoms with Crippen molar-refractivity contribution in [3.63, 3.8) is 0 Å². The zero-order valence-corrected chi connectivity index (χ0v) is 17.5. The zero-order chi connectivity index (χ0) is 21.8. The summed E-state index contributed by atoms with van der Waals surface area (Å²) >= 11 is 0. The molecule has 0 aliphatic carbocycles. The number of carbonyl (C=O) groups is 1. The number of carbonyl (C=O) groups excluding carboxylic acids is 1. The molecule has 29 heavy (non-hydrogen) atoms. The summed E-state index contributed by atoms with van der Waals surface area (Å²) in [5.74, 6) is -2.69. The number of halogens is 2. The molecule has 156 valence electrons. The maximum atomic E-state index is 13.6. The van der Waals surface area contributed by atoms with Gasteiger partial charge in [0.1, 0.15) is 18.6 Å². The van der Waals surface area contributed by atoms with E-state index < -0.39 is 5.92 Å². The molecule has 0 saturated heterocycles. The monoisotopic (exact) mass is 403 g/mol. The van der Waals surface area contributed by atoms with E-state index in [-0.39, 0.29) is 24.5 Å². The third-order valence-corrected chi connectivity index (χ3v) is 4.81. The molecule has 0 fully saturated rings. The molecule has 0 bridgehead atoms. The first kappa shape index (κ1) is 22.5. The predicted octanol–water partition coefficient (Wildman–Crippen LogP) is 5.71. The van der Waals surface area contributed by atoms with E-state index >= 15 is 0 Å². The lowest BCUT2D eigenvalue weighted by atomic mass is 9.92. The van der Waals surface area contributed by atoms with Gasteiger partial charge >= 0.3 is 0 Å². The number of aldehydes is 1. The van der Waals surface area contributed by atoms with Gasteiger partial charge in [0.15, 0.2) is 11.5 Å². The molecule has 1 aromatic rings. The van der Waals surface area contributed by atoms with E-state index in [2.05, 4.69) is 4.99 Å². The minimum Gasteiger partial charge on any atom is -0.504 e. The van der Waals surface area contributed by atoms with E-state index in [0.29, 0.717) is 23.4 Å². The van der Waals surface area contributed by atoms with Gasteiger partial charge in [0.25, 0.3) is 5.92 Å². The molecule has 0 spiro atoms. The molecule has 0 amide bonds. The van der Waals surface area contributed by atoms with Crippen LogP contribution < -0.4 is 4.74 Å². The van der Waals surface area contributed by atoms with Gasteiger partial charge in [-0.05, 0) is 62.1 Å². The van der Waals surface area contributed by atoms with Crippen LogP contribution in [0.2, 0.25) is 0 Å². The SMILES string of the molecule is C/C=C(/CC=O)c1c(C)cc(OCC2=CC=C(C(C)(F)F)N=C(C)C2)c(O)c1C. The zero-order valence-electron chi connectivity index (χ0n) is 17.5. The molecular formula is C23H27F2NO3. The van der Waals surface area contributed by atoms with Crippen LogP contribution in [0.25, 0.3) is 5.57 Å². The van der Waals surface area contributed by atoms with Crippen molar-refractivity contribution in [1.82, 2.24) is 0 Å². The first-order valence-corrected chi connectivity index (χ1v) is 9.45. The molecule has 4 nitrogen and oxygen atoms in total. The fourth-order valence-corrected chi connectivity index (χ4v) is 3.38. The van der Waals surface area contributed by atoms with E-state index in [1.807, 2.05) is 19.9 Å². The lowest BCUT2D eigenvalue weighted by Crippen LogP contribution is -2.12. The summed E-state index contributed by atoms with van der Waals surface area (Å²) in [5.41, 5.74) is 4.26. The quantitative estimate of drug-likeness (QED) is 0.593. The summed E-state index contributed by atoms with van der Waals surface area (Å²) in [7, 11) is 0. The van der Waals surface area contributed by atoms with Crippen molar-refractivity contribution in [2.24, 2.45) is 4.99 Å². The van der Waals surface area contributed by atoms with Crippen molar-refractivity contribution in [3.8, 4) is 11.5 Å². The summed E-state index contributed by atoms with van der Waals surface area (Å²) in [4.78, 5) is 14.9. The summed E-state index contributed by atoms with van der Waals surface area (Å²) < 4.78 is 33.0. The number of hydrogen-bond acceptors (Lipinski definition) is 4. The van der Waals surface area contributed by atoms with Gasteiger partial charge in [0, 0.05) is 31.0 Å². The standard InChI is InChI=1S/C23H27F2NO3/c1-6-18(9-10-27)21-14(2)11-19(22(28)16(21)4)29-13-17-7-8-20(23(5,24)25)26-15(3)12-17/h6-8,10-11,28H,9,12-13H2,1-5H3/b18-6-. The van der Waals surface area contributed by atoms with Gasteiger partial charge in [-0.15, -0.1) is 0 Å². The van der Waals surface area contributed by atoms with Crippen LogP contribution in [-0.2, 0) is 4.79 Å². The highest BCUT2D eigenvalue weighted by molar-refractivity contribution is 5.86. The minimum atomic E-state index is -3.01. The second-order valence-electron chi connectivity index (χ2n) is 7.30. The molecule has 1 aliphatic heterocycles. The maximum Gasteiger partial charge on any atom is 0.286 e. The molecule has 0 saturated carbocycles. The van der Waals surface area contributed by atoms with Crippen LogP contribution in [0.5, 0.6) is 11.5 Å². The van der Waals surface area contributed by atoms with Crippen LogP contribution in [0.4, 0.5) is 8.78 Å². The minimum absolute atomic E-state index is 0.00628. The number of aryl methyl sites for hydroxylation is 1. The summed E-state index contributed by atoms with van der Waals surface area (Å²) in [5, 5.41) is 10.6. The van der Waals surface area contributed by atoms with Crippen molar-refractivity contribution in [1.29, 1.82) is 0 Å². The second kappa shape index (κ2) is 9.16. The Hall–Kier alpha value is -2.76. The van der Waals surface area contributed by atoms with Crippen molar-refractivity contribution in [2.75, 3.05) is 6.61 Å². The third-order valence-electron chi connectivity index (χ3n) is 4.81. The van der Waals surface area contributed by atoms with Gasteiger partial charge in [0.2, 0.25) is 0 Å². The molecule has 0 atom stereocenters. The number of aromatic hydroxyl groups is 1. The average molecular weight is 403 g/mol. The fourth-order valence-electron chi connectivity index (χ4n) is 3.38. The number of phenols is 1. The average Bonchev–Trinajstić information content (AvgIpc) is 2.84. The Morgan fingerprint density at radius 2 is 2.00 bits per heavy atom. The molecule has 6 heteroatoms. The van der Waals surface area contributed by atoms with E-state index in [1.165, 1.54) is 6.08 Å². The maximum absolute atomic E-state index is 13.6. The van der Waals surface area contributed by atoms with E-state index in [0.717, 1.165) is 35.5 Å². The van der Waals surface area contributed by atoms with Gasteiger partial charge in [-0.2, -0.15) is 8.78 Å².